The van der Waals surface area contributed by atoms with Gasteiger partial charge in [0, 0.05) is 42.9 Å². The fourth-order valence-corrected chi connectivity index (χ4v) is 2.98. The second-order valence-electron chi connectivity index (χ2n) is 3.50. The van der Waals surface area contributed by atoms with Crippen LogP contribution in [0.1, 0.15) is 12.8 Å². The van der Waals surface area contributed by atoms with Gasteiger partial charge in [-0.1, -0.05) is 0 Å². The lowest BCUT2D eigenvalue weighted by Crippen LogP contribution is -2.46. The highest BCUT2D eigenvalue weighted by atomic mass is 32.2. The van der Waals surface area contributed by atoms with Crippen molar-refractivity contribution in [3.8, 4) is 0 Å². The van der Waals surface area contributed by atoms with Crippen molar-refractivity contribution in [3.63, 3.8) is 0 Å². The van der Waals surface area contributed by atoms with Crippen LogP contribution in [0.2, 0.25) is 0 Å². The Kier molecular flexibility index (Phi) is 5.62. The molecule has 1 saturated heterocycles. The van der Waals surface area contributed by atoms with Gasteiger partial charge in [0.1, 0.15) is 0 Å². The van der Waals surface area contributed by atoms with E-state index in [-0.39, 0.29) is 11.3 Å². The Morgan fingerprint density at radius 2 is 2.43 bits per heavy atom. The molecule has 3 unspecified atom stereocenters. The van der Waals surface area contributed by atoms with Gasteiger partial charge in [0.05, 0.1) is 11.9 Å². The summed E-state index contributed by atoms with van der Waals surface area (Å²) in [5.74, 6) is 0.662. The lowest BCUT2D eigenvalue weighted by Gasteiger charge is -2.27. The second kappa shape index (κ2) is 6.50. The van der Waals surface area contributed by atoms with Crippen molar-refractivity contribution in [3.05, 3.63) is 0 Å². The Morgan fingerprint density at radius 1 is 1.64 bits per heavy atom. The van der Waals surface area contributed by atoms with Gasteiger partial charge in [0.15, 0.2) is 0 Å². The maximum absolute atomic E-state index is 11.8. The molecule has 0 radical (unpaired) electrons. The van der Waals surface area contributed by atoms with E-state index in [4.69, 9.17) is 15.2 Å². The van der Waals surface area contributed by atoms with Crippen LogP contribution in [-0.2, 0) is 20.3 Å². The molecule has 2 N–H and O–H groups in total. The van der Waals surface area contributed by atoms with Crippen molar-refractivity contribution in [2.45, 2.75) is 24.1 Å². The average Bonchev–Trinajstić information content (AvgIpc) is 2.18. The zero-order valence-electron chi connectivity index (χ0n) is 8.61. The van der Waals surface area contributed by atoms with Gasteiger partial charge in [0.2, 0.25) is 0 Å². The molecule has 84 valence electrons. The normalized spacial score (nSPS) is 30.1. The van der Waals surface area contributed by atoms with Crippen LogP contribution in [0.15, 0.2) is 0 Å². The molecule has 0 saturated carbocycles. The number of nitrogens with two attached hydrogens (primary N) is 1. The topological polar surface area (TPSA) is 61.5 Å². The zero-order chi connectivity index (χ0) is 10.4. The highest BCUT2D eigenvalue weighted by molar-refractivity contribution is 7.85. The molecule has 0 spiro atoms. The maximum atomic E-state index is 11.8. The molecule has 1 rings (SSSR count). The van der Waals surface area contributed by atoms with E-state index in [0.29, 0.717) is 25.6 Å². The Balaban J connectivity index is 2.27. The molecular weight excluding hydrogens is 202 g/mol. The number of rotatable bonds is 5. The van der Waals surface area contributed by atoms with Crippen LogP contribution in [0.25, 0.3) is 0 Å². The van der Waals surface area contributed by atoms with Gasteiger partial charge in [-0.2, -0.15) is 0 Å². The van der Waals surface area contributed by atoms with E-state index in [9.17, 15) is 4.21 Å². The Bertz CT molecular complexity index is 189. The van der Waals surface area contributed by atoms with Crippen molar-refractivity contribution in [2.24, 2.45) is 5.73 Å². The summed E-state index contributed by atoms with van der Waals surface area (Å²) in [6, 6.07) is 0.0344. The first-order chi connectivity index (χ1) is 6.75. The van der Waals surface area contributed by atoms with E-state index in [2.05, 4.69) is 0 Å². The minimum absolute atomic E-state index is 0.0145. The van der Waals surface area contributed by atoms with Gasteiger partial charge in [-0.05, 0) is 12.8 Å². The predicted molar refractivity (Wildman–Crippen MR) is 56.7 cm³/mol. The molecule has 0 bridgehead atoms. The Hall–Kier alpha value is 0.0300. The fourth-order valence-electron chi connectivity index (χ4n) is 1.50. The number of hydrogen-bond donors (Lipinski definition) is 1. The van der Waals surface area contributed by atoms with Gasteiger partial charge in [0.25, 0.3) is 0 Å². The van der Waals surface area contributed by atoms with E-state index in [1.165, 1.54) is 0 Å². The van der Waals surface area contributed by atoms with Crippen LogP contribution >= 0.6 is 0 Å². The van der Waals surface area contributed by atoms with E-state index in [1.54, 1.807) is 7.11 Å². The molecule has 14 heavy (non-hydrogen) atoms. The minimum Gasteiger partial charge on any atom is -0.385 e. The van der Waals surface area contributed by atoms with Gasteiger partial charge >= 0.3 is 0 Å². The van der Waals surface area contributed by atoms with Crippen molar-refractivity contribution in [1.29, 1.82) is 0 Å². The molecule has 0 aromatic heterocycles. The molecule has 0 aromatic rings. The smallest absolute Gasteiger partial charge is 0.0733 e. The summed E-state index contributed by atoms with van der Waals surface area (Å²) in [6.07, 6.45) is 1.65. The summed E-state index contributed by atoms with van der Waals surface area (Å²) < 4.78 is 22.0. The first kappa shape index (κ1) is 12.1. The summed E-state index contributed by atoms with van der Waals surface area (Å²) in [5.41, 5.74) is 5.88. The molecule has 1 fully saturated rings. The number of hydrogen-bond acceptors (Lipinski definition) is 4. The minimum atomic E-state index is -0.868. The third kappa shape index (κ3) is 3.65. The molecule has 1 heterocycles. The van der Waals surface area contributed by atoms with Crippen molar-refractivity contribution in [1.82, 2.24) is 0 Å². The van der Waals surface area contributed by atoms with Crippen molar-refractivity contribution < 1.29 is 13.7 Å². The molecule has 3 atom stereocenters. The van der Waals surface area contributed by atoms with Crippen LogP contribution < -0.4 is 5.73 Å². The van der Waals surface area contributed by atoms with Crippen LogP contribution in [0.5, 0.6) is 0 Å². The lowest BCUT2D eigenvalue weighted by molar-refractivity contribution is 0.0903. The molecule has 1 aliphatic rings. The van der Waals surface area contributed by atoms with Crippen LogP contribution in [0.3, 0.4) is 0 Å². The molecular formula is C9H19NO3S. The largest absolute Gasteiger partial charge is 0.385 e. The maximum Gasteiger partial charge on any atom is 0.0733 e. The molecule has 4 nitrogen and oxygen atoms in total. The molecule has 0 aromatic carbocycles. The number of methoxy groups -OCH3 is 1. The molecule has 0 amide bonds. The second-order valence-corrected chi connectivity index (χ2v) is 5.27. The highest BCUT2D eigenvalue weighted by Crippen LogP contribution is 2.12. The van der Waals surface area contributed by atoms with Crippen LogP contribution in [0.4, 0.5) is 0 Å². The molecule has 5 heteroatoms. The van der Waals surface area contributed by atoms with Gasteiger partial charge in [-0.15, -0.1) is 0 Å². The quantitative estimate of drug-likeness (QED) is 0.658. The lowest BCUT2D eigenvalue weighted by atomic mass is 10.1. The monoisotopic (exact) mass is 221 g/mol. The average molecular weight is 221 g/mol. The SMILES string of the molecule is COCCCS(=O)C1COCCC1N. The first-order valence-electron chi connectivity index (χ1n) is 4.95. The van der Waals surface area contributed by atoms with E-state index < -0.39 is 10.8 Å². The van der Waals surface area contributed by atoms with Gasteiger partial charge < -0.3 is 15.2 Å². The predicted octanol–water partition coefficient (Wildman–Crippen LogP) is -0.112. The summed E-state index contributed by atoms with van der Waals surface area (Å²) in [4.78, 5) is 0. The van der Waals surface area contributed by atoms with Gasteiger partial charge in [-0.25, -0.2) is 0 Å². The standard InChI is InChI=1S/C9H19NO3S/c1-12-4-2-6-14(11)9-7-13-5-3-8(9)10/h8-9H,2-7,10H2,1H3. The summed E-state index contributed by atoms with van der Waals surface area (Å²) in [6.45, 7) is 1.91. The van der Waals surface area contributed by atoms with E-state index >= 15 is 0 Å². The fraction of sp³-hybridized carbons (Fsp3) is 1.00. The van der Waals surface area contributed by atoms with E-state index in [1.807, 2.05) is 0 Å². The number of ether oxygens (including phenoxy) is 2. The van der Waals surface area contributed by atoms with Gasteiger partial charge in [-0.3, -0.25) is 4.21 Å². The molecule has 1 aliphatic heterocycles. The van der Waals surface area contributed by atoms with Crippen LogP contribution in [-0.4, -0.2) is 48.2 Å². The first-order valence-corrected chi connectivity index (χ1v) is 6.33. The summed E-state index contributed by atoms with van der Waals surface area (Å²) in [5, 5.41) is 0.0145. The van der Waals surface area contributed by atoms with Crippen molar-refractivity contribution >= 4 is 10.8 Å². The summed E-state index contributed by atoms with van der Waals surface area (Å²) >= 11 is 0. The third-order valence-corrected chi connectivity index (χ3v) is 4.24. The molecule has 0 aliphatic carbocycles. The zero-order valence-corrected chi connectivity index (χ0v) is 9.42. The van der Waals surface area contributed by atoms with E-state index in [0.717, 1.165) is 12.8 Å². The summed E-state index contributed by atoms with van der Waals surface area (Å²) in [7, 11) is 0.783. The van der Waals surface area contributed by atoms with Crippen molar-refractivity contribution in [2.75, 3.05) is 32.7 Å². The highest BCUT2D eigenvalue weighted by Gasteiger charge is 2.27. The third-order valence-electron chi connectivity index (χ3n) is 2.39. The Morgan fingerprint density at radius 3 is 3.07 bits per heavy atom. The van der Waals surface area contributed by atoms with Crippen LogP contribution in [0, 0.1) is 0 Å². The Labute approximate surface area is 87.6 Å².